The van der Waals surface area contributed by atoms with Crippen molar-refractivity contribution in [2.75, 3.05) is 0 Å². The molecule has 0 aliphatic carbocycles. The normalized spacial score (nSPS) is 10.9. The summed E-state index contributed by atoms with van der Waals surface area (Å²) in [5.74, 6) is 0. The van der Waals surface area contributed by atoms with Crippen LogP contribution in [0.2, 0.25) is 0 Å². The Labute approximate surface area is 201 Å². The van der Waals surface area contributed by atoms with Gasteiger partial charge in [0.2, 0.25) is 0 Å². The molecule has 0 aliphatic heterocycles. The van der Waals surface area contributed by atoms with Gasteiger partial charge in [-0.25, -0.2) is 0 Å². The lowest BCUT2D eigenvalue weighted by atomic mass is 10.1. The summed E-state index contributed by atoms with van der Waals surface area (Å²) in [4.78, 5) is 0. The van der Waals surface area contributed by atoms with Crippen LogP contribution in [0.4, 0.5) is 0 Å². The van der Waals surface area contributed by atoms with Crippen molar-refractivity contribution in [3.05, 3.63) is 146 Å². The lowest BCUT2D eigenvalue weighted by Gasteiger charge is -2.27. The van der Waals surface area contributed by atoms with E-state index in [1.807, 2.05) is 0 Å². The van der Waals surface area contributed by atoms with Crippen LogP contribution >= 0.6 is 7.26 Å². The molecule has 0 saturated heterocycles. The number of halogens is 1. The quantitative estimate of drug-likeness (QED) is 0.329. The molecule has 0 N–H and O–H groups in total. The minimum atomic E-state index is -2.02. The first-order valence-corrected chi connectivity index (χ1v) is 12.4. The zero-order valence-corrected chi connectivity index (χ0v) is 20.2. The highest BCUT2D eigenvalue weighted by atomic mass is 79.9. The summed E-state index contributed by atoms with van der Waals surface area (Å²) < 4.78 is 0. The highest BCUT2D eigenvalue weighted by Gasteiger charge is 2.47. The molecule has 0 amide bonds. The van der Waals surface area contributed by atoms with Gasteiger partial charge in [0.15, 0.2) is 0 Å². The number of hydrogen-bond acceptors (Lipinski definition) is 0. The Morgan fingerprint density at radius 1 is 0.281 bits per heavy atom. The van der Waals surface area contributed by atoms with Gasteiger partial charge in [-0.3, -0.25) is 0 Å². The molecule has 0 bridgehead atoms. The molecule has 32 heavy (non-hydrogen) atoms. The van der Waals surface area contributed by atoms with Crippen LogP contribution in [0, 0.1) is 0 Å². The Kier molecular flexibility index (Phi) is 7.00. The Bertz CT molecular complexity index is 1140. The maximum Gasteiger partial charge on any atom is 0.144 e. The summed E-state index contributed by atoms with van der Waals surface area (Å²) in [7, 11) is -2.02. The maximum absolute atomic E-state index is 2.34. The minimum Gasteiger partial charge on any atom is -1.00 e. The summed E-state index contributed by atoms with van der Waals surface area (Å²) >= 11 is 0. The molecule has 0 unspecified atom stereocenters. The van der Waals surface area contributed by atoms with E-state index in [2.05, 4.69) is 146 Å². The third kappa shape index (κ3) is 4.07. The van der Waals surface area contributed by atoms with E-state index in [9.17, 15) is 0 Å². The van der Waals surface area contributed by atoms with E-state index in [0.29, 0.717) is 0 Å². The molecule has 0 aliphatic rings. The van der Waals surface area contributed by atoms with Crippen LogP contribution in [-0.4, -0.2) is 0 Å². The minimum absolute atomic E-state index is 0. The van der Waals surface area contributed by atoms with Crippen molar-refractivity contribution in [2.45, 2.75) is 0 Å². The van der Waals surface area contributed by atoms with Crippen molar-refractivity contribution in [3.63, 3.8) is 0 Å². The first-order valence-electron chi connectivity index (χ1n) is 10.6. The molecule has 0 radical (unpaired) electrons. The molecule has 0 atom stereocenters. The Morgan fingerprint density at radius 2 is 0.562 bits per heavy atom. The third-order valence-corrected chi connectivity index (χ3v) is 10.1. The van der Waals surface area contributed by atoms with E-state index in [-0.39, 0.29) is 17.0 Å². The lowest BCUT2D eigenvalue weighted by Crippen LogP contribution is -3.00. The van der Waals surface area contributed by atoms with Crippen molar-refractivity contribution in [1.29, 1.82) is 0 Å². The van der Waals surface area contributed by atoms with Crippen LogP contribution in [-0.2, 0) is 0 Å². The molecule has 0 nitrogen and oxygen atoms in total. The zero-order valence-electron chi connectivity index (χ0n) is 17.7. The largest absolute Gasteiger partial charge is 1.00 e. The van der Waals surface area contributed by atoms with E-state index in [4.69, 9.17) is 0 Å². The summed E-state index contributed by atoms with van der Waals surface area (Å²) in [6, 6.07) is 52.8. The van der Waals surface area contributed by atoms with E-state index in [0.717, 1.165) is 0 Å². The van der Waals surface area contributed by atoms with E-state index in [1.165, 1.54) is 32.3 Å². The Morgan fingerprint density at radius 3 is 0.938 bits per heavy atom. The standard InChI is InChI=1S/C30H24P.BrH/c1-5-13-25(14-6-1)26-21-23-30(24-22-26)31(27-15-7-2-8-16-27,28-17-9-3-10-18-28)29-19-11-4-12-20-29;/h1-24H;1H/q+1;/p-1. The molecular weight excluding hydrogens is 471 g/mol. The van der Waals surface area contributed by atoms with E-state index < -0.39 is 7.26 Å². The van der Waals surface area contributed by atoms with Crippen LogP contribution < -0.4 is 38.2 Å². The molecule has 0 aromatic heterocycles. The van der Waals surface area contributed by atoms with Gasteiger partial charge >= 0.3 is 0 Å². The van der Waals surface area contributed by atoms with Gasteiger partial charge in [-0.05, 0) is 59.7 Å². The van der Waals surface area contributed by atoms with Crippen molar-refractivity contribution in [1.82, 2.24) is 0 Å². The molecule has 156 valence electrons. The highest BCUT2D eigenvalue weighted by Crippen LogP contribution is 2.54. The molecule has 0 saturated carbocycles. The Balaban J connectivity index is 0.00000245. The smallest absolute Gasteiger partial charge is 0.144 e. The van der Waals surface area contributed by atoms with Crippen LogP contribution in [0.15, 0.2) is 146 Å². The summed E-state index contributed by atoms with van der Waals surface area (Å²) in [5, 5.41) is 5.50. The van der Waals surface area contributed by atoms with E-state index in [1.54, 1.807) is 0 Å². The van der Waals surface area contributed by atoms with Crippen LogP contribution in [0.1, 0.15) is 0 Å². The van der Waals surface area contributed by atoms with Gasteiger partial charge in [0.1, 0.15) is 28.5 Å². The number of hydrogen-bond donors (Lipinski definition) is 0. The van der Waals surface area contributed by atoms with Gasteiger partial charge in [0.25, 0.3) is 0 Å². The molecule has 5 aromatic rings. The van der Waals surface area contributed by atoms with E-state index >= 15 is 0 Å². The zero-order chi connectivity index (χ0) is 20.9. The molecule has 0 fully saturated rings. The van der Waals surface area contributed by atoms with Gasteiger partial charge in [0, 0.05) is 0 Å². The summed E-state index contributed by atoms with van der Waals surface area (Å²) in [6.45, 7) is 0. The predicted octanol–water partition coefficient (Wildman–Crippen LogP) is 2.98. The molecule has 5 aromatic carbocycles. The van der Waals surface area contributed by atoms with Gasteiger partial charge in [-0.2, -0.15) is 0 Å². The molecular formula is C30H24BrP. The van der Waals surface area contributed by atoms with Crippen LogP contribution in [0.5, 0.6) is 0 Å². The highest BCUT2D eigenvalue weighted by molar-refractivity contribution is 8.01. The van der Waals surface area contributed by atoms with Gasteiger partial charge < -0.3 is 17.0 Å². The first-order chi connectivity index (χ1) is 15.4. The van der Waals surface area contributed by atoms with Gasteiger partial charge in [0.05, 0.1) is 0 Å². The van der Waals surface area contributed by atoms with Crippen molar-refractivity contribution < 1.29 is 17.0 Å². The van der Waals surface area contributed by atoms with Crippen LogP contribution in [0.3, 0.4) is 0 Å². The Hall–Kier alpha value is -2.99. The van der Waals surface area contributed by atoms with Crippen molar-refractivity contribution in [3.8, 4) is 11.1 Å². The predicted molar refractivity (Wildman–Crippen MR) is 137 cm³/mol. The molecule has 5 rings (SSSR count). The maximum atomic E-state index is 2.34. The fourth-order valence-corrected chi connectivity index (χ4v) is 8.60. The summed E-state index contributed by atoms with van der Waals surface area (Å²) in [5.41, 5.74) is 2.49. The first kappa shape index (κ1) is 22.2. The van der Waals surface area contributed by atoms with Crippen molar-refractivity contribution in [2.24, 2.45) is 0 Å². The second-order valence-corrected chi connectivity index (χ2v) is 11.0. The van der Waals surface area contributed by atoms with Gasteiger partial charge in [-0.15, -0.1) is 0 Å². The molecule has 0 spiro atoms. The second kappa shape index (κ2) is 10.1. The fraction of sp³-hybridized carbons (Fsp3) is 0. The topological polar surface area (TPSA) is 0 Å². The second-order valence-electron chi connectivity index (χ2n) is 7.59. The van der Waals surface area contributed by atoms with Crippen LogP contribution in [0.25, 0.3) is 11.1 Å². The van der Waals surface area contributed by atoms with Gasteiger partial charge in [-0.1, -0.05) is 97.1 Å². The lowest BCUT2D eigenvalue weighted by molar-refractivity contribution is -0.00000584. The average molecular weight is 495 g/mol. The average Bonchev–Trinajstić information content (AvgIpc) is 2.88. The summed E-state index contributed by atoms with van der Waals surface area (Å²) in [6.07, 6.45) is 0. The monoisotopic (exact) mass is 494 g/mol. The van der Waals surface area contributed by atoms with Crippen molar-refractivity contribution >= 4 is 28.5 Å². The molecule has 0 heterocycles. The SMILES string of the molecule is [Br-].c1ccc(-c2ccc([P+](c3ccccc3)(c3ccccc3)c3ccccc3)cc2)cc1. The number of benzene rings is 5. The molecule has 2 heteroatoms. The third-order valence-electron chi connectivity index (χ3n) is 5.79. The fourth-order valence-electron chi connectivity index (χ4n) is 4.36. The number of rotatable bonds is 5.